The van der Waals surface area contributed by atoms with Crippen LogP contribution in [0.4, 0.5) is 18.0 Å². The number of cyclic esters (lactones) is 1. The number of β-lactam (4-membered cyclic amide) rings is 1. The number of nitrogens with one attached hydrogen (secondary N) is 1. The Hall–Kier alpha value is -5.17. The molecule has 4 amide bonds. The molecular weight excluding hydrogens is 723 g/mol. The summed E-state index contributed by atoms with van der Waals surface area (Å²) in [5, 5.41) is 2.75. The lowest BCUT2D eigenvalue weighted by Gasteiger charge is -2.52. The monoisotopic (exact) mass is 771 g/mol. The summed E-state index contributed by atoms with van der Waals surface area (Å²) >= 11 is 0. The molecule has 56 heavy (non-hydrogen) atoms. The highest BCUT2D eigenvalue weighted by Crippen LogP contribution is 2.39. The summed E-state index contributed by atoms with van der Waals surface area (Å²) in [6.07, 6.45) is 4.44. The molecule has 4 fully saturated rings. The Kier molecular flexibility index (Phi) is 12.1. The first-order valence-corrected chi connectivity index (χ1v) is 19.6. The number of alkyl halides is 3. The predicted octanol–water partition coefficient (Wildman–Crippen LogP) is 6.43. The quantitative estimate of drug-likeness (QED) is 0.213. The number of hydrogen-bond donors (Lipinski definition) is 1. The minimum absolute atomic E-state index is 0.0171. The predicted molar refractivity (Wildman–Crippen MR) is 204 cm³/mol. The van der Waals surface area contributed by atoms with Gasteiger partial charge in [0.15, 0.2) is 0 Å². The Morgan fingerprint density at radius 2 is 1.57 bits per heavy atom. The topological polar surface area (TPSA) is 103 Å². The Bertz CT molecular complexity index is 1880. The van der Waals surface area contributed by atoms with Gasteiger partial charge in [-0.3, -0.25) is 24.2 Å². The van der Waals surface area contributed by atoms with Crippen molar-refractivity contribution in [2.75, 3.05) is 32.8 Å². The standard InChI is InChI=1S/C43H48F3N5O5/c44-43(45,46)33-16-10-13-31(27-33)28-47-40(53)36(21-22-38(52)49-25-23-48(24-26-49)34-17-8-3-9-18-34)50-35(20-19-30-11-4-1-5-12-30)39(41(50)54)51-37(29-56-42(51)55)32-14-6-2-7-15-32/h1-2,4-7,10-16,19-20,27,34-37,39H,3,8-9,17-18,21-26,28-29H2,(H,47,53)/b20-19+/t35-,36-,37-,39+/m1/s1. The van der Waals surface area contributed by atoms with Gasteiger partial charge in [0, 0.05) is 45.2 Å². The van der Waals surface area contributed by atoms with Gasteiger partial charge in [-0.05, 0) is 48.1 Å². The molecule has 3 aromatic carbocycles. The van der Waals surface area contributed by atoms with Gasteiger partial charge < -0.3 is 19.9 Å². The minimum atomic E-state index is -4.56. The van der Waals surface area contributed by atoms with E-state index in [0.29, 0.717) is 19.1 Å². The number of ether oxygens (including phenoxy) is 1. The van der Waals surface area contributed by atoms with Crippen LogP contribution in [0.1, 0.15) is 73.2 Å². The van der Waals surface area contributed by atoms with E-state index in [0.717, 1.165) is 36.3 Å². The van der Waals surface area contributed by atoms with Gasteiger partial charge in [0.25, 0.3) is 0 Å². The Labute approximate surface area is 325 Å². The van der Waals surface area contributed by atoms with Crippen LogP contribution in [0.5, 0.6) is 0 Å². The van der Waals surface area contributed by atoms with E-state index in [1.54, 1.807) is 6.08 Å². The van der Waals surface area contributed by atoms with E-state index < -0.39 is 53.8 Å². The van der Waals surface area contributed by atoms with Crippen molar-refractivity contribution in [1.29, 1.82) is 0 Å². The molecular formula is C43H48F3N5O5. The van der Waals surface area contributed by atoms with Crippen molar-refractivity contribution in [3.63, 3.8) is 0 Å². The number of carbonyl (C=O) groups is 4. The largest absolute Gasteiger partial charge is 0.447 e. The average Bonchev–Trinajstić information content (AvgIpc) is 3.60. The van der Waals surface area contributed by atoms with Crippen molar-refractivity contribution >= 4 is 29.9 Å². The Morgan fingerprint density at radius 1 is 0.875 bits per heavy atom. The van der Waals surface area contributed by atoms with E-state index >= 15 is 0 Å². The van der Waals surface area contributed by atoms with Crippen LogP contribution in [0.15, 0.2) is 91.0 Å². The first kappa shape index (κ1) is 39.1. The molecule has 0 spiro atoms. The second-order valence-corrected chi connectivity index (χ2v) is 15.0. The smallest absolute Gasteiger partial charge is 0.416 e. The van der Waals surface area contributed by atoms with Gasteiger partial charge in [-0.2, -0.15) is 13.2 Å². The maximum atomic E-state index is 14.4. The van der Waals surface area contributed by atoms with Crippen molar-refractivity contribution < 1.29 is 37.1 Å². The van der Waals surface area contributed by atoms with Crippen LogP contribution >= 0.6 is 0 Å². The summed E-state index contributed by atoms with van der Waals surface area (Å²) in [5.41, 5.74) is 1.02. The number of carbonyl (C=O) groups excluding carboxylic acids is 4. The second kappa shape index (κ2) is 17.3. The highest BCUT2D eigenvalue weighted by atomic mass is 19.4. The zero-order valence-corrected chi connectivity index (χ0v) is 31.3. The summed E-state index contributed by atoms with van der Waals surface area (Å²) < 4.78 is 46.0. The molecule has 3 saturated heterocycles. The van der Waals surface area contributed by atoms with Crippen molar-refractivity contribution in [3.8, 4) is 0 Å². The van der Waals surface area contributed by atoms with Crippen LogP contribution in [-0.4, -0.2) is 100 Å². The molecule has 4 aliphatic rings. The molecule has 0 unspecified atom stereocenters. The molecule has 3 heterocycles. The molecule has 1 aliphatic carbocycles. The third-order valence-electron chi connectivity index (χ3n) is 11.6. The van der Waals surface area contributed by atoms with Crippen molar-refractivity contribution in [1.82, 2.24) is 24.9 Å². The molecule has 1 saturated carbocycles. The van der Waals surface area contributed by atoms with E-state index in [1.807, 2.05) is 71.6 Å². The van der Waals surface area contributed by atoms with Crippen LogP contribution < -0.4 is 5.32 Å². The van der Waals surface area contributed by atoms with Gasteiger partial charge in [0.05, 0.1) is 17.6 Å². The van der Waals surface area contributed by atoms with Crippen molar-refractivity contribution in [3.05, 3.63) is 113 Å². The fourth-order valence-electron chi connectivity index (χ4n) is 8.57. The zero-order chi connectivity index (χ0) is 39.2. The molecule has 0 bridgehead atoms. The molecule has 10 nitrogen and oxygen atoms in total. The highest BCUT2D eigenvalue weighted by molar-refractivity contribution is 5.98. The zero-order valence-electron chi connectivity index (χ0n) is 31.3. The van der Waals surface area contributed by atoms with Crippen LogP contribution in [0, 0.1) is 0 Å². The molecule has 7 rings (SSSR count). The average molecular weight is 772 g/mol. The van der Waals surface area contributed by atoms with Gasteiger partial charge >= 0.3 is 12.3 Å². The summed E-state index contributed by atoms with van der Waals surface area (Å²) in [4.78, 5) is 62.8. The third-order valence-corrected chi connectivity index (χ3v) is 11.6. The first-order valence-electron chi connectivity index (χ1n) is 19.6. The minimum Gasteiger partial charge on any atom is -0.447 e. The molecule has 4 atom stereocenters. The number of amides is 4. The molecule has 0 aromatic heterocycles. The highest BCUT2D eigenvalue weighted by Gasteiger charge is 2.58. The summed E-state index contributed by atoms with van der Waals surface area (Å²) in [6.45, 7) is 2.54. The van der Waals surface area contributed by atoms with E-state index in [4.69, 9.17) is 4.74 Å². The number of likely N-dealkylation sites (tertiary alicyclic amines) is 1. The van der Waals surface area contributed by atoms with Gasteiger partial charge in [-0.15, -0.1) is 0 Å². The van der Waals surface area contributed by atoms with E-state index in [9.17, 15) is 32.3 Å². The maximum absolute atomic E-state index is 14.4. The maximum Gasteiger partial charge on any atom is 0.416 e. The number of benzene rings is 3. The molecule has 3 aromatic rings. The van der Waals surface area contributed by atoms with Crippen LogP contribution in [0.2, 0.25) is 0 Å². The lowest BCUT2D eigenvalue weighted by Crippen LogP contribution is -2.74. The fourth-order valence-corrected chi connectivity index (χ4v) is 8.57. The number of nitrogens with zero attached hydrogens (tertiary/aromatic N) is 4. The Morgan fingerprint density at radius 3 is 2.27 bits per heavy atom. The van der Waals surface area contributed by atoms with E-state index in [1.165, 1.54) is 54.0 Å². The van der Waals surface area contributed by atoms with E-state index in [2.05, 4.69) is 10.2 Å². The first-order chi connectivity index (χ1) is 27.1. The molecule has 1 N–H and O–H groups in total. The summed E-state index contributed by atoms with van der Waals surface area (Å²) in [7, 11) is 0. The summed E-state index contributed by atoms with van der Waals surface area (Å²) in [5.74, 6) is -1.22. The second-order valence-electron chi connectivity index (χ2n) is 15.0. The van der Waals surface area contributed by atoms with E-state index in [-0.39, 0.29) is 37.5 Å². The summed E-state index contributed by atoms with van der Waals surface area (Å²) in [6, 6.07) is 20.4. The molecule has 3 aliphatic heterocycles. The fraction of sp³-hybridized carbons (Fsp3) is 0.442. The number of halogens is 3. The number of piperazine rings is 1. The Balaban J connectivity index is 1.14. The lowest BCUT2D eigenvalue weighted by molar-refractivity contribution is -0.163. The third kappa shape index (κ3) is 8.77. The SMILES string of the molecule is O=C(NCc1cccc(C(F)(F)F)c1)[C@@H](CCC(=O)N1CCN(C2CCCCC2)CC1)N1C(=O)[C@@H](N2C(=O)OC[C@@H]2c2ccccc2)[C@H]1/C=C/c1ccccc1. The molecule has 296 valence electrons. The van der Waals surface area contributed by atoms with Gasteiger partial charge in [-0.25, -0.2) is 4.79 Å². The van der Waals surface area contributed by atoms with Crippen molar-refractivity contribution in [2.45, 2.75) is 87.9 Å². The number of rotatable bonds is 12. The van der Waals surface area contributed by atoms with Crippen LogP contribution in [0.25, 0.3) is 6.08 Å². The van der Waals surface area contributed by atoms with Gasteiger partial charge in [0.2, 0.25) is 17.7 Å². The van der Waals surface area contributed by atoms with Crippen molar-refractivity contribution in [2.24, 2.45) is 0 Å². The molecule has 0 radical (unpaired) electrons. The molecule has 13 heteroatoms. The normalized spacial score (nSPS) is 22.9. The lowest BCUT2D eigenvalue weighted by atomic mass is 9.87. The van der Waals surface area contributed by atoms with Crippen LogP contribution in [0.3, 0.4) is 0 Å². The van der Waals surface area contributed by atoms with Gasteiger partial charge in [0.1, 0.15) is 18.7 Å². The van der Waals surface area contributed by atoms with Gasteiger partial charge in [-0.1, -0.05) is 104 Å². The number of hydrogen-bond acceptors (Lipinski definition) is 6. The van der Waals surface area contributed by atoms with Crippen LogP contribution in [-0.2, 0) is 31.8 Å².